The van der Waals surface area contributed by atoms with Gasteiger partial charge >= 0.3 is 0 Å². The van der Waals surface area contributed by atoms with Crippen LogP contribution in [0.2, 0.25) is 0 Å². The molecule has 3 atom stereocenters. The highest BCUT2D eigenvalue weighted by atomic mass is 15.3. The van der Waals surface area contributed by atoms with Gasteiger partial charge in [-0.2, -0.15) is 5.10 Å². The molecule has 1 aromatic heterocycles. The van der Waals surface area contributed by atoms with Gasteiger partial charge in [-0.15, -0.1) is 0 Å². The summed E-state index contributed by atoms with van der Waals surface area (Å²) in [6, 6.07) is 0.336. The highest BCUT2D eigenvalue weighted by molar-refractivity contribution is 5.12. The van der Waals surface area contributed by atoms with Crippen LogP contribution >= 0.6 is 0 Å². The molecule has 0 amide bonds. The Morgan fingerprint density at radius 1 is 1.39 bits per heavy atom. The van der Waals surface area contributed by atoms with E-state index in [1.807, 2.05) is 10.9 Å². The summed E-state index contributed by atoms with van der Waals surface area (Å²) in [5, 5.41) is 4.42. The number of hydrogen-bond donors (Lipinski definition) is 1. The Kier molecular flexibility index (Phi) is 4.40. The summed E-state index contributed by atoms with van der Waals surface area (Å²) in [4.78, 5) is 2.52. The molecule has 2 heterocycles. The maximum atomic E-state index is 5.98. The number of hydrogen-bond acceptors (Lipinski definition) is 3. The van der Waals surface area contributed by atoms with Crippen LogP contribution in [0.3, 0.4) is 0 Å². The predicted octanol–water partition coefficient (Wildman–Crippen LogP) is 1.88. The normalized spacial score (nSPS) is 26.7. The maximum Gasteiger partial charge on any atom is 0.0538 e. The molecule has 2 N–H and O–H groups in total. The van der Waals surface area contributed by atoms with Gasteiger partial charge in [0.15, 0.2) is 0 Å². The second-order valence-corrected chi connectivity index (χ2v) is 5.70. The lowest BCUT2D eigenvalue weighted by molar-refractivity contribution is 0.240. The molecule has 18 heavy (non-hydrogen) atoms. The zero-order chi connectivity index (χ0) is 13.1. The molecule has 0 aliphatic carbocycles. The van der Waals surface area contributed by atoms with E-state index in [0.717, 1.165) is 37.9 Å². The summed E-state index contributed by atoms with van der Waals surface area (Å²) in [6.45, 7) is 10.8. The van der Waals surface area contributed by atoms with E-state index >= 15 is 0 Å². The van der Waals surface area contributed by atoms with E-state index in [4.69, 9.17) is 5.73 Å². The Labute approximate surface area is 110 Å². The molecule has 4 nitrogen and oxygen atoms in total. The quantitative estimate of drug-likeness (QED) is 0.868. The molecule has 0 saturated carbocycles. The second-order valence-electron chi connectivity index (χ2n) is 5.70. The molecule has 0 bridgehead atoms. The molecule has 1 aromatic rings. The fourth-order valence-electron chi connectivity index (χ4n) is 2.83. The minimum Gasteiger partial charge on any atom is -0.329 e. The van der Waals surface area contributed by atoms with Crippen LogP contribution in [0, 0.1) is 11.8 Å². The van der Waals surface area contributed by atoms with Gasteiger partial charge in [0, 0.05) is 37.9 Å². The predicted molar refractivity (Wildman–Crippen MR) is 74.2 cm³/mol. The van der Waals surface area contributed by atoms with E-state index in [2.05, 4.69) is 37.0 Å². The third-order valence-corrected chi connectivity index (χ3v) is 4.17. The molecular weight excluding hydrogens is 224 g/mol. The van der Waals surface area contributed by atoms with Gasteiger partial charge in [-0.25, -0.2) is 0 Å². The highest BCUT2D eigenvalue weighted by Gasteiger charge is 2.31. The Bertz CT molecular complexity index is 364. The van der Waals surface area contributed by atoms with E-state index in [-0.39, 0.29) is 0 Å². The van der Waals surface area contributed by atoms with Crippen molar-refractivity contribution in [2.24, 2.45) is 17.6 Å². The monoisotopic (exact) mass is 250 g/mol. The SMILES string of the molecule is CCCn1cc(C(CN)N2CC(C)C(C)C2)cn1. The Morgan fingerprint density at radius 3 is 2.61 bits per heavy atom. The first-order valence-electron chi connectivity index (χ1n) is 7.12. The lowest BCUT2D eigenvalue weighted by atomic mass is 10.0. The van der Waals surface area contributed by atoms with Crippen LogP contribution in [0.4, 0.5) is 0 Å². The number of nitrogens with zero attached hydrogens (tertiary/aromatic N) is 3. The van der Waals surface area contributed by atoms with Crippen LogP contribution in [0.1, 0.15) is 38.8 Å². The van der Waals surface area contributed by atoms with Crippen LogP contribution in [-0.4, -0.2) is 34.3 Å². The summed E-state index contributed by atoms with van der Waals surface area (Å²) < 4.78 is 2.03. The van der Waals surface area contributed by atoms with Crippen molar-refractivity contribution in [2.45, 2.75) is 39.8 Å². The smallest absolute Gasteiger partial charge is 0.0538 e. The average Bonchev–Trinajstić information content (AvgIpc) is 2.90. The van der Waals surface area contributed by atoms with Gasteiger partial charge in [-0.05, 0) is 18.3 Å². The molecule has 4 heteroatoms. The van der Waals surface area contributed by atoms with Crippen LogP contribution in [0.25, 0.3) is 0 Å². The highest BCUT2D eigenvalue weighted by Crippen LogP contribution is 2.30. The minimum absolute atomic E-state index is 0.336. The maximum absolute atomic E-state index is 5.98. The Morgan fingerprint density at radius 2 is 2.06 bits per heavy atom. The van der Waals surface area contributed by atoms with E-state index in [9.17, 15) is 0 Å². The van der Waals surface area contributed by atoms with E-state index in [1.165, 1.54) is 5.56 Å². The van der Waals surface area contributed by atoms with Crippen LogP contribution in [0.5, 0.6) is 0 Å². The van der Waals surface area contributed by atoms with Gasteiger partial charge in [0.1, 0.15) is 0 Å². The van der Waals surface area contributed by atoms with Crippen LogP contribution < -0.4 is 5.73 Å². The number of nitrogens with two attached hydrogens (primary N) is 1. The Balaban J connectivity index is 2.08. The molecule has 3 unspecified atom stereocenters. The van der Waals surface area contributed by atoms with Gasteiger partial charge in [-0.1, -0.05) is 20.8 Å². The van der Waals surface area contributed by atoms with Crippen molar-refractivity contribution in [3.05, 3.63) is 18.0 Å². The standard InChI is InChI=1S/C14H26N4/c1-4-5-18-10-13(7-16-18)14(6-15)17-8-11(2)12(3)9-17/h7,10-12,14H,4-6,8-9,15H2,1-3H3. The van der Waals surface area contributed by atoms with Gasteiger partial charge in [0.2, 0.25) is 0 Å². The van der Waals surface area contributed by atoms with Crippen molar-refractivity contribution >= 4 is 0 Å². The van der Waals surface area contributed by atoms with Crippen molar-refractivity contribution in [2.75, 3.05) is 19.6 Å². The van der Waals surface area contributed by atoms with Gasteiger partial charge in [0.05, 0.1) is 12.2 Å². The van der Waals surface area contributed by atoms with Crippen molar-refractivity contribution in [3.63, 3.8) is 0 Å². The zero-order valence-corrected chi connectivity index (χ0v) is 11.8. The fourth-order valence-corrected chi connectivity index (χ4v) is 2.83. The van der Waals surface area contributed by atoms with Crippen molar-refractivity contribution in [3.8, 4) is 0 Å². The molecule has 0 radical (unpaired) electrons. The van der Waals surface area contributed by atoms with Crippen molar-refractivity contribution < 1.29 is 0 Å². The third-order valence-electron chi connectivity index (χ3n) is 4.17. The molecule has 1 saturated heterocycles. The number of likely N-dealkylation sites (tertiary alicyclic amines) is 1. The molecular formula is C14H26N4. The zero-order valence-electron chi connectivity index (χ0n) is 11.8. The lowest BCUT2D eigenvalue weighted by Crippen LogP contribution is -2.32. The molecule has 1 fully saturated rings. The summed E-state index contributed by atoms with van der Waals surface area (Å²) in [5.41, 5.74) is 7.25. The number of aromatic nitrogens is 2. The third kappa shape index (κ3) is 2.75. The van der Waals surface area contributed by atoms with Crippen LogP contribution in [0.15, 0.2) is 12.4 Å². The van der Waals surface area contributed by atoms with Gasteiger partial charge < -0.3 is 5.73 Å². The molecule has 0 aromatic carbocycles. The second kappa shape index (κ2) is 5.85. The number of aryl methyl sites for hydroxylation is 1. The minimum atomic E-state index is 0.336. The van der Waals surface area contributed by atoms with Crippen LogP contribution in [-0.2, 0) is 6.54 Å². The fraction of sp³-hybridized carbons (Fsp3) is 0.786. The van der Waals surface area contributed by atoms with Gasteiger partial charge in [-0.3, -0.25) is 9.58 Å². The van der Waals surface area contributed by atoms with Crippen molar-refractivity contribution in [1.29, 1.82) is 0 Å². The number of rotatable bonds is 5. The summed E-state index contributed by atoms with van der Waals surface area (Å²) in [5.74, 6) is 1.54. The molecule has 1 aliphatic rings. The summed E-state index contributed by atoms with van der Waals surface area (Å²) in [6.07, 6.45) is 5.27. The Hall–Kier alpha value is -0.870. The molecule has 102 valence electrons. The average molecular weight is 250 g/mol. The first kappa shape index (κ1) is 13.6. The molecule has 2 rings (SSSR count). The summed E-state index contributed by atoms with van der Waals surface area (Å²) in [7, 11) is 0. The van der Waals surface area contributed by atoms with Crippen molar-refractivity contribution in [1.82, 2.24) is 14.7 Å². The van der Waals surface area contributed by atoms with E-state index in [1.54, 1.807) is 0 Å². The summed E-state index contributed by atoms with van der Waals surface area (Å²) >= 11 is 0. The first-order valence-corrected chi connectivity index (χ1v) is 7.12. The largest absolute Gasteiger partial charge is 0.329 e. The van der Waals surface area contributed by atoms with Gasteiger partial charge in [0.25, 0.3) is 0 Å². The van der Waals surface area contributed by atoms with E-state index < -0.39 is 0 Å². The molecule has 1 aliphatic heterocycles. The topological polar surface area (TPSA) is 47.1 Å². The lowest BCUT2D eigenvalue weighted by Gasteiger charge is -2.25. The first-order chi connectivity index (χ1) is 8.65. The molecule has 0 spiro atoms. The van der Waals surface area contributed by atoms with E-state index in [0.29, 0.717) is 12.6 Å².